The van der Waals surface area contributed by atoms with Crippen LogP contribution in [0.4, 0.5) is 0 Å². The molecule has 10 nitrogen and oxygen atoms in total. The smallest absolute Gasteiger partial charge is 0.349 e. The van der Waals surface area contributed by atoms with Crippen molar-refractivity contribution in [2.24, 2.45) is 0 Å². The van der Waals surface area contributed by atoms with Crippen LogP contribution in [-0.2, 0) is 13.1 Å². The van der Waals surface area contributed by atoms with Crippen molar-refractivity contribution in [1.82, 2.24) is 20.3 Å². The molecule has 5 aromatic rings. The van der Waals surface area contributed by atoms with Gasteiger partial charge in [-0.1, -0.05) is 29.5 Å². The standard InChI is InChI=1S/C26H20N4O6/c31-19-7-9-23-17(11-19)12-21(26(34)36-23)25(33)27-13-18-15-30(29-28-18)14-16-6-8-24(22(32)10-16)35-20-4-2-1-3-5-20/h1-12,15,31-32H,13-14H2,(H,27,33). The van der Waals surface area contributed by atoms with Crippen LogP contribution in [0.15, 0.2) is 88.2 Å². The number of fused-ring (bicyclic) bond motifs is 1. The van der Waals surface area contributed by atoms with Crippen LogP contribution in [0.1, 0.15) is 21.6 Å². The molecular formula is C26H20N4O6. The fourth-order valence-electron chi connectivity index (χ4n) is 3.58. The van der Waals surface area contributed by atoms with Crippen molar-refractivity contribution in [2.45, 2.75) is 13.1 Å². The maximum absolute atomic E-state index is 12.5. The van der Waals surface area contributed by atoms with Gasteiger partial charge in [0.25, 0.3) is 5.91 Å². The van der Waals surface area contributed by atoms with Gasteiger partial charge in [-0.05, 0) is 54.1 Å². The monoisotopic (exact) mass is 484 g/mol. The summed E-state index contributed by atoms with van der Waals surface area (Å²) in [6.07, 6.45) is 1.65. The summed E-state index contributed by atoms with van der Waals surface area (Å²) in [4.78, 5) is 24.7. The van der Waals surface area contributed by atoms with Gasteiger partial charge in [0.15, 0.2) is 11.5 Å². The molecule has 2 heterocycles. The Morgan fingerprint density at radius 2 is 1.86 bits per heavy atom. The van der Waals surface area contributed by atoms with Crippen LogP contribution in [0.2, 0.25) is 0 Å². The van der Waals surface area contributed by atoms with Gasteiger partial charge in [-0.3, -0.25) is 4.79 Å². The molecule has 0 bridgehead atoms. The van der Waals surface area contributed by atoms with Gasteiger partial charge in [-0.2, -0.15) is 0 Å². The number of carbonyl (C=O) groups excluding carboxylic acids is 1. The second-order valence-electron chi connectivity index (χ2n) is 7.98. The Balaban J connectivity index is 1.22. The number of benzene rings is 3. The molecule has 0 radical (unpaired) electrons. The van der Waals surface area contributed by atoms with Crippen molar-refractivity contribution < 1.29 is 24.2 Å². The molecule has 3 aromatic carbocycles. The number of aromatic nitrogens is 3. The third kappa shape index (κ3) is 5.02. The van der Waals surface area contributed by atoms with Crippen molar-refractivity contribution in [3.05, 3.63) is 106 Å². The van der Waals surface area contributed by atoms with Crippen LogP contribution in [-0.4, -0.2) is 31.1 Å². The molecule has 10 heteroatoms. The van der Waals surface area contributed by atoms with E-state index in [1.807, 2.05) is 18.2 Å². The highest BCUT2D eigenvalue weighted by Gasteiger charge is 2.15. The van der Waals surface area contributed by atoms with E-state index >= 15 is 0 Å². The molecule has 0 fully saturated rings. The van der Waals surface area contributed by atoms with Gasteiger partial charge in [-0.25, -0.2) is 9.48 Å². The largest absolute Gasteiger partial charge is 0.508 e. The Labute approximate surface area is 204 Å². The van der Waals surface area contributed by atoms with E-state index in [1.165, 1.54) is 24.3 Å². The zero-order valence-corrected chi connectivity index (χ0v) is 18.8. The third-order valence-electron chi connectivity index (χ3n) is 5.32. The summed E-state index contributed by atoms with van der Waals surface area (Å²) < 4.78 is 12.4. The van der Waals surface area contributed by atoms with E-state index in [1.54, 1.807) is 41.2 Å². The zero-order valence-electron chi connectivity index (χ0n) is 18.8. The summed E-state index contributed by atoms with van der Waals surface area (Å²) in [7, 11) is 0. The highest BCUT2D eigenvalue weighted by Crippen LogP contribution is 2.31. The lowest BCUT2D eigenvalue weighted by Crippen LogP contribution is -2.28. The number of phenols is 2. The van der Waals surface area contributed by atoms with Gasteiger partial charge in [0.2, 0.25) is 0 Å². The van der Waals surface area contributed by atoms with Gasteiger partial charge in [0, 0.05) is 5.39 Å². The van der Waals surface area contributed by atoms with E-state index in [9.17, 15) is 19.8 Å². The average Bonchev–Trinajstić information content (AvgIpc) is 3.32. The highest BCUT2D eigenvalue weighted by molar-refractivity contribution is 5.96. The molecule has 36 heavy (non-hydrogen) atoms. The highest BCUT2D eigenvalue weighted by atomic mass is 16.5. The number of ether oxygens (including phenoxy) is 1. The number of para-hydroxylation sites is 1. The van der Waals surface area contributed by atoms with Crippen molar-refractivity contribution in [2.75, 3.05) is 0 Å². The van der Waals surface area contributed by atoms with Crippen molar-refractivity contribution >= 4 is 16.9 Å². The molecule has 0 aliphatic rings. The molecule has 5 rings (SSSR count). The molecule has 0 saturated heterocycles. The normalized spacial score (nSPS) is 10.9. The van der Waals surface area contributed by atoms with Crippen LogP contribution in [0.3, 0.4) is 0 Å². The number of rotatable bonds is 7. The van der Waals surface area contributed by atoms with E-state index < -0.39 is 11.5 Å². The van der Waals surface area contributed by atoms with E-state index in [-0.39, 0.29) is 29.2 Å². The number of aromatic hydroxyl groups is 2. The molecule has 2 aromatic heterocycles. The summed E-state index contributed by atoms with van der Waals surface area (Å²) >= 11 is 0. The molecule has 0 atom stereocenters. The fraction of sp³-hybridized carbons (Fsp3) is 0.0769. The number of carbonyl (C=O) groups is 1. The Hall–Kier alpha value is -5.12. The molecule has 0 aliphatic carbocycles. The second-order valence-corrected chi connectivity index (χ2v) is 7.98. The third-order valence-corrected chi connectivity index (χ3v) is 5.32. The molecule has 1 amide bonds. The number of amides is 1. The second kappa shape index (κ2) is 9.63. The molecule has 0 spiro atoms. The first kappa shape index (κ1) is 22.7. The predicted molar refractivity (Wildman–Crippen MR) is 129 cm³/mol. The Kier molecular flexibility index (Phi) is 6.06. The minimum atomic E-state index is -0.783. The molecule has 0 aliphatic heterocycles. The number of hydrogen-bond donors (Lipinski definition) is 3. The topological polar surface area (TPSA) is 140 Å². The zero-order chi connectivity index (χ0) is 25.1. The molecule has 180 valence electrons. The van der Waals surface area contributed by atoms with E-state index in [0.29, 0.717) is 29.1 Å². The lowest BCUT2D eigenvalue weighted by molar-refractivity contribution is 0.0947. The predicted octanol–water partition coefficient (Wildman–Crippen LogP) is 3.57. The first-order valence-electron chi connectivity index (χ1n) is 10.9. The summed E-state index contributed by atoms with van der Waals surface area (Å²) in [6, 6.07) is 19.8. The number of nitrogens with one attached hydrogen (secondary N) is 1. The molecule has 0 unspecified atom stereocenters. The van der Waals surface area contributed by atoms with E-state index in [2.05, 4.69) is 15.6 Å². The minimum Gasteiger partial charge on any atom is -0.508 e. The maximum Gasteiger partial charge on any atom is 0.349 e. The van der Waals surface area contributed by atoms with Crippen LogP contribution in [0.5, 0.6) is 23.0 Å². The summed E-state index contributed by atoms with van der Waals surface area (Å²) in [5.74, 6) is 0.295. The molecule has 0 saturated carbocycles. The Morgan fingerprint density at radius 3 is 2.67 bits per heavy atom. The number of nitrogens with zero attached hydrogens (tertiary/aromatic N) is 3. The lowest BCUT2D eigenvalue weighted by Gasteiger charge is -2.09. The lowest BCUT2D eigenvalue weighted by atomic mass is 10.1. The van der Waals surface area contributed by atoms with E-state index in [0.717, 1.165) is 5.56 Å². The number of phenolic OH excluding ortho intramolecular Hbond substituents is 2. The Bertz CT molecular complexity index is 1610. The minimum absolute atomic E-state index is 0.00788. The first-order chi connectivity index (χ1) is 17.4. The quantitative estimate of drug-likeness (QED) is 0.298. The van der Waals surface area contributed by atoms with Crippen molar-refractivity contribution in [3.63, 3.8) is 0 Å². The first-order valence-corrected chi connectivity index (χ1v) is 10.9. The van der Waals surface area contributed by atoms with Gasteiger partial charge in [0.05, 0.1) is 19.3 Å². The summed E-state index contributed by atoms with van der Waals surface area (Å²) in [6.45, 7) is 0.364. The average molecular weight is 484 g/mol. The maximum atomic E-state index is 12.5. The van der Waals surface area contributed by atoms with Gasteiger partial charge >= 0.3 is 5.63 Å². The van der Waals surface area contributed by atoms with Crippen LogP contribution < -0.4 is 15.7 Å². The number of hydrogen-bond acceptors (Lipinski definition) is 8. The fourth-order valence-corrected chi connectivity index (χ4v) is 3.58. The van der Waals surface area contributed by atoms with Crippen molar-refractivity contribution in [1.29, 1.82) is 0 Å². The summed E-state index contributed by atoms with van der Waals surface area (Å²) in [5.41, 5.74) is 0.537. The van der Waals surface area contributed by atoms with Crippen molar-refractivity contribution in [3.8, 4) is 23.0 Å². The van der Waals surface area contributed by atoms with Gasteiger partial charge in [0.1, 0.15) is 28.3 Å². The Morgan fingerprint density at radius 1 is 1.03 bits per heavy atom. The van der Waals surface area contributed by atoms with Crippen LogP contribution in [0, 0.1) is 0 Å². The molecule has 3 N–H and O–H groups in total. The summed E-state index contributed by atoms with van der Waals surface area (Å²) in [5, 5.41) is 31.1. The molecular weight excluding hydrogens is 464 g/mol. The van der Waals surface area contributed by atoms with Gasteiger partial charge in [-0.15, -0.1) is 5.10 Å². The van der Waals surface area contributed by atoms with Crippen LogP contribution in [0.25, 0.3) is 11.0 Å². The van der Waals surface area contributed by atoms with Crippen LogP contribution >= 0.6 is 0 Å². The SMILES string of the molecule is O=C(NCc1cn(Cc2ccc(Oc3ccccc3)c(O)c2)nn1)c1cc2cc(O)ccc2oc1=O. The van der Waals surface area contributed by atoms with E-state index in [4.69, 9.17) is 9.15 Å². The van der Waals surface area contributed by atoms with Gasteiger partial charge < -0.3 is 24.7 Å².